The summed E-state index contributed by atoms with van der Waals surface area (Å²) in [6.07, 6.45) is 3.34. The monoisotopic (exact) mass is 372 g/mol. The van der Waals surface area contributed by atoms with Crippen LogP contribution in [0, 0.1) is 0 Å². The second-order valence-electron chi connectivity index (χ2n) is 3.56. The molecule has 4 nitrogen and oxygen atoms in total. The van der Waals surface area contributed by atoms with E-state index < -0.39 is 0 Å². The Balaban J connectivity index is 2.55. The zero-order valence-electron chi connectivity index (χ0n) is 9.56. The number of hydrogen-bond acceptors (Lipinski definition) is 3. The summed E-state index contributed by atoms with van der Waals surface area (Å²) >= 11 is 6.63. The van der Waals surface area contributed by atoms with Crippen molar-refractivity contribution in [3.8, 4) is 11.6 Å². The molecule has 0 unspecified atom stereocenters. The van der Waals surface area contributed by atoms with Crippen molar-refractivity contribution in [2.75, 3.05) is 7.11 Å². The first-order valence-corrected chi connectivity index (χ1v) is 7.04. The number of ether oxygens (including phenoxy) is 1. The lowest BCUT2D eigenvalue weighted by atomic mass is 10.3. The van der Waals surface area contributed by atoms with Gasteiger partial charge in [-0.1, -0.05) is 15.9 Å². The lowest BCUT2D eigenvalue weighted by Crippen LogP contribution is -2.19. The topological polar surface area (TPSA) is 44.1 Å². The molecule has 18 heavy (non-hydrogen) atoms. The molecule has 0 spiro atoms. The van der Waals surface area contributed by atoms with E-state index in [9.17, 15) is 4.79 Å². The number of methoxy groups -OCH3 is 1. The third-order valence-electron chi connectivity index (χ3n) is 2.39. The Morgan fingerprint density at radius 1 is 1.44 bits per heavy atom. The van der Waals surface area contributed by atoms with Gasteiger partial charge >= 0.3 is 0 Å². The summed E-state index contributed by atoms with van der Waals surface area (Å²) in [5.74, 6) is 1.21. The number of nitrogens with zero attached hydrogens (tertiary/aromatic N) is 2. The summed E-state index contributed by atoms with van der Waals surface area (Å²) in [7, 11) is 1.57. The van der Waals surface area contributed by atoms with Gasteiger partial charge in [-0.2, -0.15) is 0 Å². The molecule has 0 atom stereocenters. The van der Waals surface area contributed by atoms with Crippen molar-refractivity contribution in [1.29, 1.82) is 0 Å². The largest absolute Gasteiger partial charge is 0.495 e. The van der Waals surface area contributed by atoms with Crippen molar-refractivity contribution in [3.63, 3.8) is 0 Å². The van der Waals surface area contributed by atoms with Crippen molar-refractivity contribution in [3.05, 3.63) is 51.0 Å². The Hall–Kier alpha value is -1.14. The van der Waals surface area contributed by atoms with Crippen molar-refractivity contribution in [1.82, 2.24) is 9.55 Å². The fraction of sp³-hybridized carbons (Fsp3) is 0.167. The molecular formula is C12H10Br2N2O2. The van der Waals surface area contributed by atoms with Gasteiger partial charge in [0, 0.05) is 11.5 Å². The molecular weight excluding hydrogens is 364 g/mol. The predicted molar refractivity (Wildman–Crippen MR) is 76.7 cm³/mol. The van der Waals surface area contributed by atoms with E-state index in [-0.39, 0.29) is 5.56 Å². The summed E-state index contributed by atoms with van der Waals surface area (Å²) in [5, 5.41) is 0.669. The van der Waals surface area contributed by atoms with Crippen molar-refractivity contribution in [2.24, 2.45) is 0 Å². The first-order valence-electron chi connectivity index (χ1n) is 5.13. The fourth-order valence-corrected chi connectivity index (χ4v) is 2.27. The zero-order valence-corrected chi connectivity index (χ0v) is 12.7. The molecule has 0 aromatic carbocycles. The van der Waals surface area contributed by atoms with Gasteiger partial charge in [-0.3, -0.25) is 9.36 Å². The summed E-state index contributed by atoms with van der Waals surface area (Å²) in [4.78, 5) is 16.2. The third-order valence-corrected chi connectivity index (χ3v) is 3.60. The second-order valence-corrected chi connectivity index (χ2v) is 4.98. The molecule has 0 bridgehead atoms. The van der Waals surface area contributed by atoms with Crippen LogP contribution in [0.3, 0.4) is 0 Å². The molecule has 0 N–H and O–H groups in total. The average Bonchev–Trinajstić information content (AvgIpc) is 2.42. The van der Waals surface area contributed by atoms with Crippen molar-refractivity contribution in [2.45, 2.75) is 5.33 Å². The molecule has 0 aliphatic heterocycles. The second kappa shape index (κ2) is 5.67. The Labute approximate surface area is 121 Å². The SMILES string of the molecule is COc1ccc(-n2cc(CBr)cc(Br)c2=O)nc1. The van der Waals surface area contributed by atoms with Crippen LogP contribution in [0.5, 0.6) is 5.75 Å². The normalized spacial score (nSPS) is 10.4. The number of alkyl halides is 1. The molecule has 0 aliphatic rings. The molecule has 0 aliphatic carbocycles. The van der Waals surface area contributed by atoms with Crippen LogP contribution >= 0.6 is 31.9 Å². The quantitative estimate of drug-likeness (QED) is 0.777. The summed E-state index contributed by atoms with van der Waals surface area (Å²) in [6.45, 7) is 0. The molecule has 0 saturated heterocycles. The summed E-state index contributed by atoms with van der Waals surface area (Å²) in [6, 6.07) is 5.30. The number of halogens is 2. The smallest absolute Gasteiger partial charge is 0.270 e. The van der Waals surface area contributed by atoms with Crippen molar-refractivity contribution < 1.29 is 4.74 Å². The van der Waals surface area contributed by atoms with Gasteiger partial charge in [0.25, 0.3) is 5.56 Å². The van der Waals surface area contributed by atoms with Crippen LogP contribution in [0.1, 0.15) is 5.56 Å². The maximum absolute atomic E-state index is 12.0. The fourth-order valence-electron chi connectivity index (χ4n) is 1.48. The Morgan fingerprint density at radius 2 is 2.22 bits per heavy atom. The predicted octanol–water partition coefficient (Wildman–Crippen LogP) is 2.90. The van der Waals surface area contributed by atoms with Crippen molar-refractivity contribution >= 4 is 31.9 Å². The van der Waals surface area contributed by atoms with E-state index in [1.54, 1.807) is 37.7 Å². The molecule has 2 aromatic heterocycles. The molecule has 0 saturated carbocycles. The van der Waals surface area contributed by atoms with Gasteiger partial charge in [0.15, 0.2) is 0 Å². The Bertz CT molecular complexity index is 608. The maximum Gasteiger partial charge on any atom is 0.270 e. The average molecular weight is 374 g/mol. The van der Waals surface area contributed by atoms with Crippen LogP contribution in [-0.4, -0.2) is 16.7 Å². The van der Waals surface area contributed by atoms with Gasteiger partial charge in [-0.25, -0.2) is 4.98 Å². The molecule has 6 heteroatoms. The van der Waals surface area contributed by atoms with E-state index in [0.717, 1.165) is 5.56 Å². The lowest BCUT2D eigenvalue weighted by molar-refractivity contribution is 0.412. The van der Waals surface area contributed by atoms with E-state index >= 15 is 0 Å². The van der Waals surface area contributed by atoms with Crippen LogP contribution in [0.15, 0.2) is 39.9 Å². The highest BCUT2D eigenvalue weighted by molar-refractivity contribution is 9.10. The molecule has 0 fully saturated rings. The minimum Gasteiger partial charge on any atom is -0.495 e. The van der Waals surface area contributed by atoms with E-state index in [0.29, 0.717) is 21.4 Å². The number of pyridine rings is 2. The van der Waals surface area contributed by atoms with E-state index in [2.05, 4.69) is 36.8 Å². The van der Waals surface area contributed by atoms with Crippen LogP contribution in [0.2, 0.25) is 0 Å². The zero-order chi connectivity index (χ0) is 13.1. The van der Waals surface area contributed by atoms with Crippen LogP contribution in [0.25, 0.3) is 5.82 Å². The number of aromatic nitrogens is 2. The van der Waals surface area contributed by atoms with Crippen LogP contribution in [0.4, 0.5) is 0 Å². The van der Waals surface area contributed by atoms with Gasteiger partial charge in [-0.05, 0) is 39.7 Å². The summed E-state index contributed by atoms with van der Waals surface area (Å²) in [5.41, 5.74) is 0.844. The first-order chi connectivity index (χ1) is 8.65. The van der Waals surface area contributed by atoms with E-state index in [4.69, 9.17) is 4.74 Å². The van der Waals surface area contributed by atoms with Crippen LogP contribution < -0.4 is 10.3 Å². The molecule has 2 rings (SSSR count). The molecule has 0 amide bonds. The third kappa shape index (κ3) is 2.64. The van der Waals surface area contributed by atoms with E-state index in [1.165, 1.54) is 4.57 Å². The maximum atomic E-state index is 12.0. The van der Waals surface area contributed by atoms with Gasteiger partial charge in [0.1, 0.15) is 11.6 Å². The summed E-state index contributed by atoms with van der Waals surface area (Å²) < 4.78 is 7.05. The van der Waals surface area contributed by atoms with Gasteiger partial charge in [0.2, 0.25) is 0 Å². The minimum atomic E-state index is -0.141. The highest BCUT2D eigenvalue weighted by atomic mass is 79.9. The van der Waals surface area contributed by atoms with Crippen LogP contribution in [-0.2, 0) is 5.33 Å². The van der Waals surface area contributed by atoms with Gasteiger partial charge in [-0.15, -0.1) is 0 Å². The van der Waals surface area contributed by atoms with E-state index in [1.807, 2.05) is 0 Å². The molecule has 0 radical (unpaired) electrons. The molecule has 2 heterocycles. The Kier molecular flexibility index (Phi) is 4.19. The Morgan fingerprint density at radius 3 is 2.78 bits per heavy atom. The number of hydrogen-bond donors (Lipinski definition) is 0. The van der Waals surface area contributed by atoms with Gasteiger partial charge in [0.05, 0.1) is 17.8 Å². The minimum absolute atomic E-state index is 0.141. The standard InChI is InChI=1S/C12H10Br2N2O2/c1-18-9-2-3-11(15-6-9)16-7-8(5-13)4-10(14)12(16)17/h2-4,6-7H,5H2,1H3. The lowest BCUT2D eigenvalue weighted by Gasteiger charge is -2.08. The highest BCUT2D eigenvalue weighted by Gasteiger charge is 2.07. The first kappa shape index (κ1) is 13.3. The molecule has 2 aromatic rings. The highest BCUT2D eigenvalue weighted by Crippen LogP contribution is 2.14. The molecule has 94 valence electrons. The number of rotatable bonds is 3. The van der Waals surface area contributed by atoms with Gasteiger partial charge < -0.3 is 4.74 Å².